The van der Waals surface area contributed by atoms with Gasteiger partial charge in [-0.3, -0.25) is 4.79 Å². The Morgan fingerprint density at radius 1 is 1.30 bits per heavy atom. The fraction of sp³-hybridized carbons (Fsp3) is 0.429. The van der Waals surface area contributed by atoms with Gasteiger partial charge in [0.25, 0.3) is 0 Å². The zero-order valence-electron chi connectivity index (χ0n) is 11.9. The highest BCUT2D eigenvalue weighted by atomic mass is 16.5. The second-order valence-corrected chi connectivity index (χ2v) is 4.12. The van der Waals surface area contributed by atoms with Crippen LogP contribution in [0.3, 0.4) is 0 Å². The van der Waals surface area contributed by atoms with Crippen molar-refractivity contribution in [2.75, 3.05) is 30.7 Å². The second kappa shape index (κ2) is 8.04. The van der Waals surface area contributed by atoms with E-state index in [1.54, 1.807) is 25.1 Å². The lowest BCUT2D eigenvalue weighted by Crippen LogP contribution is -2.25. The number of esters is 1. The van der Waals surface area contributed by atoms with E-state index in [9.17, 15) is 9.59 Å². The van der Waals surface area contributed by atoms with E-state index in [1.807, 2.05) is 6.92 Å². The van der Waals surface area contributed by atoms with Gasteiger partial charge in [0, 0.05) is 19.5 Å². The van der Waals surface area contributed by atoms with Crippen LogP contribution in [0.5, 0.6) is 0 Å². The largest absolute Gasteiger partial charge is 0.462 e. The molecule has 0 heterocycles. The van der Waals surface area contributed by atoms with Crippen LogP contribution in [0, 0.1) is 0 Å². The molecular weight excluding hydrogens is 258 g/mol. The summed E-state index contributed by atoms with van der Waals surface area (Å²) in [6.45, 7) is 4.89. The van der Waals surface area contributed by atoms with Gasteiger partial charge in [-0.05, 0) is 26.0 Å². The summed E-state index contributed by atoms with van der Waals surface area (Å²) in [5.74, 6) is -0.479. The molecule has 6 nitrogen and oxygen atoms in total. The number of hydrogen-bond donors (Lipinski definition) is 3. The lowest BCUT2D eigenvalue weighted by Gasteiger charge is -2.13. The molecule has 0 atom stereocenters. The summed E-state index contributed by atoms with van der Waals surface area (Å²) in [5, 5.41) is 5.73. The Hall–Kier alpha value is -2.24. The van der Waals surface area contributed by atoms with Crippen LogP contribution in [0.15, 0.2) is 18.2 Å². The number of nitrogen functional groups attached to an aromatic ring is 1. The molecule has 0 aliphatic rings. The van der Waals surface area contributed by atoms with E-state index in [0.29, 0.717) is 43.1 Å². The minimum Gasteiger partial charge on any atom is -0.462 e. The van der Waals surface area contributed by atoms with Crippen molar-refractivity contribution < 1.29 is 14.3 Å². The topological polar surface area (TPSA) is 93.5 Å². The minimum absolute atomic E-state index is 0.0489. The first-order valence-corrected chi connectivity index (χ1v) is 6.66. The van der Waals surface area contributed by atoms with E-state index in [1.165, 1.54) is 0 Å². The van der Waals surface area contributed by atoms with Crippen molar-refractivity contribution in [2.45, 2.75) is 20.3 Å². The summed E-state index contributed by atoms with van der Waals surface area (Å²) in [4.78, 5) is 23.2. The molecule has 0 aliphatic carbocycles. The van der Waals surface area contributed by atoms with E-state index in [-0.39, 0.29) is 5.91 Å². The van der Waals surface area contributed by atoms with Crippen LogP contribution in [0.25, 0.3) is 0 Å². The number of carbonyl (C=O) groups excluding carboxylic acids is 2. The summed E-state index contributed by atoms with van der Waals surface area (Å²) in [6, 6.07) is 5.02. The Labute approximate surface area is 118 Å². The first-order valence-electron chi connectivity index (χ1n) is 6.66. The molecular formula is C14H21N3O3. The summed E-state index contributed by atoms with van der Waals surface area (Å²) < 4.78 is 4.98. The van der Waals surface area contributed by atoms with Crippen LogP contribution in [0.4, 0.5) is 11.4 Å². The smallest absolute Gasteiger partial charge is 0.340 e. The molecule has 6 heteroatoms. The number of hydrogen-bond acceptors (Lipinski definition) is 5. The number of anilines is 2. The van der Waals surface area contributed by atoms with Gasteiger partial charge in [-0.1, -0.05) is 6.07 Å². The molecule has 1 aromatic rings. The number of ether oxygens (including phenoxy) is 1. The molecule has 1 rings (SSSR count). The fourth-order valence-corrected chi connectivity index (χ4v) is 1.73. The van der Waals surface area contributed by atoms with Crippen LogP contribution in [0.2, 0.25) is 0 Å². The molecule has 0 fully saturated rings. The van der Waals surface area contributed by atoms with Gasteiger partial charge in [-0.2, -0.15) is 0 Å². The Kier molecular flexibility index (Phi) is 6.36. The van der Waals surface area contributed by atoms with Crippen LogP contribution >= 0.6 is 0 Å². The normalized spacial score (nSPS) is 9.90. The number of carbonyl (C=O) groups is 2. The van der Waals surface area contributed by atoms with Gasteiger partial charge in [-0.15, -0.1) is 0 Å². The second-order valence-electron chi connectivity index (χ2n) is 4.12. The molecule has 20 heavy (non-hydrogen) atoms. The number of nitrogens with two attached hydrogens (primary N) is 1. The van der Waals surface area contributed by atoms with Gasteiger partial charge in [0.15, 0.2) is 0 Å². The van der Waals surface area contributed by atoms with E-state index < -0.39 is 5.97 Å². The fourth-order valence-electron chi connectivity index (χ4n) is 1.73. The molecule has 0 bridgehead atoms. The van der Waals surface area contributed by atoms with Crippen molar-refractivity contribution in [2.24, 2.45) is 0 Å². The SMILES string of the molecule is CCNC(=O)CCNc1c(N)cccc1C(=O)OCC. The number of rotatable bonds is 7. The number of para-hydroxylation sites is 1. The minimum atomic E-state index is -0.430. The average Bonchev–Trinajstić information content (AvgIpc) is 2.41. The average molecular weight is 279 g/mol. The van der Waals surface area contributed by atoms with Crippen LogP contribution < -0.4 is 16.4 Å². The monoisotopic (exact) mass is 279 g/mol. The Balaban J connectivity index is 2.73. The van der Waals surface area contributed by atoms with E-state index in [4.69, 9.17) is 10.5 Å². The molecule has 0 aromatic heterocycles. The summed E-state index contributed by atoms with van der Waals surface area (Å²) in [7, 11) is 0. The number of benzene rings is 1. The van der Waals surface area contributed by atoms with E-state index >= 15 is 0 Å². The molecule has 0 radical (unpaired) electrons. The summed E-state index contributed by atoms with van der Waals surface area (Å²) in [6.07, 6.45) is 0.310. The Bertz CT molecular complexity index is 475. The predicted octanol–water partition coefficient (Wildman–Crippen LogP) is 1.38. The quantitative estimate of drug-likeness (QED) is 0.518. The van der Waals surface area contributed by atoms with Crippen LogP contribution in [0.1, 0.15) is 30.6 Å². The number of amides is 1. The van der Waals surface area contributed by atoms with Crippen molar-refractivity contribution in [3.8, 4) is 0 Å². The van der Waals surface area contributed by atoms with Gasteiger partial charge in [-0.25, -0.2) is 4.79 Å². The number of nitrogens with one attached hydrogen (secondary N) is 2. The van der Waals surface area contributed by atoms with Gasteiger partial charge >= 0.3 is 5.97 Å². The highest BCUT2D eigenvalue weighted by molar-refractivity contribution is 5.98. The molecule has 0 spiro atoms. The van der Waals surface area contributed by atoms with Crippen molar-refractivity contribution in [1.29, 1.82) is 0 Å². The van der Waals surface area contributed by atoms with Crippen molar-refractivity contribution in [3.63, 3.8) is 0 Å². The van der Waals surface area contributed by atoms with Crippen molar-refractivity contribution >= 4 is 23.3 Å². The zero-order chi connectivity index (χ0) is 15.0. The third-order valence-electron chi connectivity index (χ3n) is 2.62. The first-order chi connectivity index (χ1) is 9.60. The Morgan fingerprint density at radius 3 is 2.70 bits per heavy atom. The third-order valence-corrected chi connectivity index (χ3v) is 2.62. The van der Waals surface area contributed by atoms with Gasteiger partial charge < -0.3 is 21.1 Å². The maximum atomic E-state index is 11.8. The highest BCUT2D eigenvalue weighted by Gasteiger charge is 2.14. The third kappa shape index (κ3) is 4.46. The molecule has 0 saturated heterocycles. The zero-order valence-corrected chi connectivity index (χ0v) is 11.9. The van der Waals surface area contributed by atoms with Gasteiger partial charge in [0.2, 0.25) is 5.91 Å². The van der Waals surface area contributed by atoms with E-state index in [2.05, 4.69) is 10.6 Å². The summed E-state index contributed by atoms with van der Waals surface area (Å²) >= 11 is 0. The van der Waals surface area contributed by atoms with Crippen LogP contribution in [-0.2, 0) is 9.53 Å². The van der Waals surface area contributed by atoms with Crippen molar-refractivity contribution in [1.82, 2.24) is 5.32 Å². The van der Waals surface area contributed by atoms with Gasteiger partial charge in [0.1, 0.15) is 0 Å². The maximum absolute atomic E-state index is 11.8. The van der Waals surface area contributed by atoms with Crippen molar-refractivity contribution in [3.05, 3.63) is 23.8 Å². The summed E-state index contributed by atoms with van der Waals surface area (Å²) in [5.41, 5.74) is 7.20. The lowest BCUT2D eigenvalue weighted by molar-refractivity contribution is -0.120. The van der Waals surface area contributed by atoms with Crippen LogP contribution in [-0.4, -0.2) is 31.6 Å². The molecule has 0 unspecified atom stereocenters. The highest BCUT2D eigenvalue weighted by Crippen LogP contribution is 2.24. The van der Waals surface area contributed by atoms with E-state index in [0.717, 1.165) is 0 Å². The molecule has 1 aromatic carbocycles. The standard InChI is InChI=1S/C14H21N3O3/c1-3-16-12(18)8-9-17-13-10(14(19)20-4-2)6-5-7-11(13)15/h5-7,17H,3-4,8-9,15H2,1-2H3,(H,16,18). The molecule has 0 aliphatic heterocycles. The molecule has 4 N–H and O–H groups in total. The molecule has 0 saturated carbocycles. The molecule has 1 amide bonds. The lowest BCUT2D eigenvalue weighted by atomic mass is 10.1. The first kappa shape index (κ1) is 15.8. The Morgan fingerprint density at radius 2 is 2.05 bits per heavy atom. The molecule has 110 valence electrons. The maximum Gasteiger partial charge on any atom is 0.340 e. The predicted molar refractivity (Wildman–Crippen MR) is 78.6 cm³/mol. The van der Waals surface area contributed by atoms with Gasteiger partial charge in [0.05, 0.1) is 23.5 Å².